The van der Waals surface area contributed by atoms with Gasteiger partial charge in [-0.1, -0.05) is 23.7 Å². The third-order valence-corrected chi connectivity index (χ3v) is 2.31. The van der Waals surface area contributed by atoms with Crippen molar-refractivity contribution < 1.29 is 4.74 Å². The average Bonchev–Trinajstić information content (AvgIpc) is 2.63. The Kier molecular flexibility index (Phi) is 2.87. The lowest BCUT2D eigenvalue weighted by atomic mass is 10.3. The summed E-state index contributed by atoms with van der Waals surface area (Å²) in [7, 11) is 1.87. The summed E-state index contributed by atoms with van der Waals surface area (Å²) in [5.74, 6) is 1.41. The zero-order chi connectivity index (χ0) is 10.7. The van der Waals surface area contributed by atoms with Gasteiger partial charge in [0.1, 0.15) is 18.7 Å². The molecule has 1 heterocycles. The fourth-order valence-electron chi connectivity index (χ4n) is 1.14. The van der Waals surface area contributed by atoms with Crippen LogP contribution in [-0.4, -0.2) is 14.8 Å². The van der Waals surface area contributed by atoms with Crippen LogP contribution in [0.5, 0.6) is 5.75 Å². The third-order valence-electron chi connectivity index (χ3n) is 2.00. The predicted molar refractivity (Wildman–Crippen MR) is 56.8 cm³/mol. The monoisotopic (exact) mass is 223 g/mol. The Morgan fingerprint density at radius 3 is 2.87 bits per heavy atom. The molecule has 15 heavy (non-hydrogen) atoms. The number of aryl methyl sites for hydroxylation is 1. The lowest BCUT2D eigenvalue weighted by molar-refractivity contribution is 0.291. The Bertz CT molecular complexity index is 455. The summed E-state index contributed by atoms with van der Waals surface area (Å²) in [4.78, 5) is 0. The van der Waals surface area contributed by atoms with Crippen molar-refractivity contribution in [2.24, 2.45) is 7.05 Å². The minimum absolute atomic E-state index is 0.361. The van der Waals surface area contributed by atoms with E-state index in [0.29, 0.717) is 17.4 Å². The fourth-order valence-corrected chi connectivity index (χ4v) is 1.33. The summed E-state index contributed by atoms with van der Waals surface area (Å²) in [6, 6.07) is 7.33. The molecule has 78 valence electrons. The van der Waals surface area contributed by atoms with E-state index >= 15 is 0 Å². The second-order valence-electron chi connectivity index (χ2n) is 3.08. The number of halogens is 1. The molecule has 0 aliphatic heterocycles. The van der Waals surface area contributed by atoms with Crippen molar-refractivity contribution in [3.8, 4) is 5.75 Å². The van der Waals surface area contributed by atoms with Crippen LogP contribution in [0, 0.1) is 0 Å². The van der Waals surface area contributed by atoms with E-state index in [2.05, 4.69) is 10.2 Å². The third kappa shape index (κ3) is 2.27. The second kappa shape index (κ2) is 4.31. The Morgan fingerprint density at radius 1 is 1.40 bits per heavy atom. The molecule has 0 saturated carbocycles. The van der Waals surface area contributed by atoms with Gasteiger partial charge in [0.2, 0.25) is 0 Å². The van der Waals surface area contributed by atoms with Crippen molar-refractivity contribution in [2.75, 3.05) is 0 Å². The maximum absolute atomic E-state index is 5.94. The van der Waals surface area contributed by atoms with Gasteiger partial charge in [-0.05, 0) is 12.1 Å². The predicted octanol–water partition coefficient (Wildman–Crippen LogP) is 2.05. The van der Waals surface area contributed by atoms with Crippen LogP contribution in [0.4, 0.5) is 0 Å². The van der Waals surface area contributed by atoms with Crippen LogP contribution in [0.3, 0.4) is 0 Å². The van der Waals surface area contributed by atoms with E-state index in [-0.39, 0.29) is 0 Å². The molecule has 1 aromatic heterocycles. The first-order chi connectivity index (χ1) is 7.27. The molecule has 2 aromatic rings. The fraction of sp³-hybridized carbons (Fsp3) is 0.200. The first-order valence-corrected chi connectivity index (χ1v) is 4.85. The number of aromatic nitrogens is 3. The maximum atomic E-state index is 5.94. The van der Waals surface area contributed by atoms with Crippen LogP contribution in [0.2, 0.25) is 5.02 Å². The van der Waals surface area contributed by atoms with Gasteiger partial charge in [0, 0.05) is 7.05 Å². The van der Waals surface area contributed by atoms with Crippen molar-refractivity contribution >= 4 is 11.6 Å². The standard InChI is InChI=1S/C10H10ClN3O/c1-14-7-12-13-10(14)6-15-9-5-3-2-4-8(9)11/h2-5,7H,6H2,1H3. The molecule has 0 atom stereocenters. The topological polar surface area (TPSA) is 39.9 Å². The number of hydrogen-bond acceptors (Lipinski definition) is 3. The molecule has 0 aliphatic rings. The lowest BCUT2D eigenvalue weighted by Gasteiger charge is -2.06. The summed E-state index contributed by atoms with van der Waals surface area (Å²) in [5.41, 5.74) is 0. The summed E-state index contributed by atoms with van der Waals surface area (Å²) in [6.07, 6.45) is 1.63. The highest BCUT2D eigenvalue weighted by molar-refractivity contribution is 6.32. The van der Waals surface area contributed by atoms with Gasteiger partial charge in [-0.3, -0.25) is 0 Å². The van der Waals surface area contributed by atoms with Gasteiger partial charge < -0.3 is 9.30 Å². The smallest absolute Gasteiger partial charge is 0.170 e. The maximum Gasteiger partial charge on any atom is 0.170 e. The van der Waals surface area contributed by atoms with Gasteiger partial charge in [-0.15, -0.1) is 10.2 Å². The van der Waals surface area contributed by atoms with Gasteiger partial charge in [-0.2, -0.15) is 0 Å². The highest BCUT2D eigenvalue weighted by atomic mass is 35.5. The van der Waals surface area contributed by atoms with Gasteiger partial charge in [0.05, 0.1) is 5.02 Å². The second-order valence-corrected chi connectivity index (χ2v) is 3.48. The molecule has 0 aliphatic carbocycles. The first kappa shape index (κ1) is 9.98. The SMILES string of the molecule is Cn1cnnc1COc1ccccc1Cl. The minimum Gasteiger partial charge on any atom is -0.484 e. The Balaban J connectivity index is 2.06. The molecule has 0 unspecified atom stereocenters. The van der Waals surface area contributed by atoms with Gasteiger partial charge in [0.25, 0.3) is 0 Å². The number of para-hydroxylation sites is 1. The molecule has 0 radical (unpaired) electrons. The number of nitrogens with zero attached hydrogens (tertiary/aromatic N) is 3. The van der Waals surface area contributed by atoms with Gasteiger partial charge in [-0.25, -0.2) is 0 Å². The Hall–Kier alpha value is -1.55. The van der Waals surface area contributed by atoms with Crippen LogP contribution in [0.1, 0.15) is 5.82 Å². The van der Waals surface area contributed by atoms with Crippen molar-refractivity contribution in [3.63, 3.8) is 0 Å². The molecule has 2 rings (SSSR count). The Morgan fingerprint density at radius 2 is 2.20 bits per heavy atom. The molecular weight excluding hydrogens is 214 g/mol. The van der Waals surface area contributed by atoms with E-state index in [1.165, 1.54) is 0 Å². The van der Waals surface area contributed by atoms with Crippen molar-refractivity contribution in [2.45, 2.75) is 6.61 Å². The summed E-state index contributed by atoms with van der Waals surface area (Å²) in [6.45, 7) is 0.361. The zero-order valence-electron chi connectivity index (χ0n) is 8.22. The first-order valence-electron chi connectivity index (χ1n) is 4.47. The van der Waals surface area contributed by atoms with E-state index in [4.69, 9.17) is 16.3 Å². The van der Waals surface area contributed by atoms with E-state index < -0.39 is 0 Å². The van der Waals surface area contributed by atoms with Crippen LogP contribution in [-0.2, 0) is 13.7 Å². The van der Waals surface area contributed by atoms with E-state index in [1.54, 1.807) is 17.0 Å². The number of rotatable bonds is 3. The molecule has 0 spiro atoms. The molecule has 4 nitrogen and oxygen atoms in total. The molecular formula is C10H10ClN3O. The molecule has 0 saturated heterocycles. The summed E-state index contributed by atoms with van der Waals surface area (Å²) in [5, 5.41) is 8.26. The van der Waals surface area contributed by atoms with E-state index in [9.17, 15) is 0 Å². The zero-order valence-corrected chi connectivity index (χ0v) is 8.98. The quantitative estimate of drug-likeness (QED) is 0.800. The number of hydrogen-bond donors (Lipinski definition) is 0. The van der Waals surface area contributed by atoms with E-state index in [0.717, 1.165) is 5.82 Å². The molecule has 0 bridgehead atoms. The van der Waals surface area contributed by atoms with Crippen LogP contribution < -0.4 is 4.74 Å². The number of ether oxygens (including phenoxy) is 1. The van der Waals surface area contributed by atoms with Crippen LogP contribution in [0.25, 0.3) is 0 Å². The highest BCUT2D eigenvalue weighted by Gasteiger charge is 2.03. The number of benzene rings is 1. The van der Waals surface area contributed by atoms with Crippen molar-refractivity contribution in [3.05, 3.63) is 41.4 Å². The summed E-state index contributed by atoms with van der Waals surface area (Å²) >= 11 is 5.94. The normalized spacial score (nSPS) is 10.3. The van der Waals surface area contributed by atoms with E-state index in [1.807, 2.05) is 25.2 Å². The summed E-state index contributed by atoms with van der Waals surface area (Å²) < 4.78 is 7.31. The Labute approximate surface area is 92.5 Å². The van der Waals surface area contributed by atoms with Crippen molar-refractivity contribution in [1.82, 2.24) is 14.8 Å². The van der Waals surface area contributed by atoms with Gasteiger partial charge >= 0.3 is 0 Å². The molecule has 0 N–H and O–H groups in total. The minimum atomic E-state index is 0.361. The average molecular weight is 224 g/mol. The van der Waals surface area contributed by atoms with Crippen LogP contribution >= 0.6 is 11.6 Å². The molecule has 0 amide bonds. The van der Waals surface area contributed by atoms with Crippen LogP contribution in [0.15, 0.2) is 30.6 Å². The molecule has 5 heteroatoms. The van der Waals surface area contributed by atoms with Crippen molar-refractivity contribution in [1.29, 1.82) is 0 Å². The highest BCUT2D eigenvalue weighted by Crippen LogP contribution is 2.23. The van der Waals surface area contributed by atoms with Gasteiger partial charge in [0.15, 0.2) is 5.82 Å². The molecule has 0 fully saturated rings. The lowest BCUT2D eigenvalue weighted by Crippen LogP contribution is -2.03. The molecule has 1 aromatic carbocycles. The largest absolute Gasteiger partial charge is 0.484 e.